The summed E-state index contributed by atoms with van der Waals surface area (Å²) < 4.78 is 2.51. The van der Waals surface area contributed by atoms with Crippen LogP contribution in [0, 0.1) is 0 Å². The van der Waals surface area contributed by atoms with Crippen LogP contribution >= 0.6 is 22.6 Å². The van der Waals surface area contributed by atoms with Crippen molar-refractivity contribution < 1.29 is 9.59 Å². The quantitative estimate of drug-likeness (QED) is 0.320. The van der Waals surface area contributed by atoms with Crippen molar-refractivity contribution in [1.82, 2.24) is 20.3 Å². The summed E-state index contributed by atoms with van der Waals surface area (Å²) in [5.41, 5.74) is 0.930. The van der Waals surface area contributed by atoms with Gasteiger partial charge in [-0.15, -0.1) is 5.10 Å². The molecule has 0 aliphatic heterocycles. The molecule has 0 unspecified atom stereocenters. The van der Waals surface area contributed by atoms with Gasteiger partial charge in [-0.25, -0.2) is 0 Å². The normalized spacial score (nSPS) is 9.21. The Morgan fingerprint density at radius 3 is 2.18 bits per heavy atom. The van der Waals surface area contributed by atoms with E-state index >= 15 is 0 Å². The fourth-order valence-electron chi connectivity index (χ4n) is 1.69. The van der Waals surface area contributed by atoms with Crippen molar-refractivity contribution in [2.45, 2.75) is 100.0 Å². The van der Waals surface area contributed by atoms with Crippen molar-refractivity contribution in [3.05, 3.63) is 11.9 Å². The summed E-state index contributed by atoms with van der Waals surface area (Å²) in [6, 6.07) is 0. The summed E-state index contributed by atoms with van der Waals surface area (Å²) >= 11 is 2.10. The van der Waals surface area contributed by atoms with Crippen LogP contribution in [-0.4, -0.2) is 37.7 Å². The lowest BCUT2D eigenvalue weighted by Crippen LogP contribution is -2.24. The Labute approximate surface area is 186 Å². The monoisotopic (exact) mass is 510 g/mol. The Morgan fingerprint density at radius 1 is 1.07 bits per heavy atom. The molecule has 1 N–H and O–H groups in total. The molecule has 1 aromatic rings. The van der Waals surface area contributed by atoms with Gasteiger partial charge < -0.3 is 5.32 Å². The van der Waals surface area contributed by atoms with Crippen LogP contribution in [0.15, 0.2) is 6.20 Å². The zero-order chi connectivity index (χ0) is 20.9. The highest BCUT2D eigenvalue weighted by Crippen LogP contribution is 1.97. The zero-order valence-electron chi connectivity index (χ0n) is 17.9. The van der Waals surface area contributed by atoms with Crippen LogP contribution < -0.4 is 5.32 Å². The summed E-state index contributed by atoms with van der Waals surface area (Å²) in [4.78, 5) is 21.5. The number of nitrogens with one attached hydrogen (secondary N) is 1. The highest BCUT2D eigenvalue weighted by Gasteiger charge is 2.01. The second-order valence-corrected chi connectivity index (χ2v) is 6.97. The van der Waals surface area contributed by atoms with Gasteiger partial charge in [0.05, 0.1) is 10.1 Å². The van der Waals surface area contributed by atoms with Crippen LogP contribution in [0.25, 0.3) is 0 Å². The van der Waals surface area contributed by atoms with E-state index < -0.39 is 0 Å². The minimum atomic E-state index is 0. The van der Waals surface area contributed by atoms with E-state index in [1.54, 1.807) is 0 Å². The summed E-state index contributed by atoms with van der Waals surface area (Å²) in [6.07, 6.45) is 9.86. The van der Waals surface area contributed by atoms with Crippen LogP contribution in [-0.2, 0) is 22.6 Å². The standard InChI is InChI=1S/C10H18N4O.C6H11IO.C4H10.CH4/c1-3-7-14-8-9(12-13-14)5-6-11-10(15)4-2;1-2-3-4-6(8)5-7;1-3-4-2;/h8H,3-7H2,1-2H3,(H,11,15);2-5H2,1H3;3-4H2,1-2H3;1H4. The van der Waals surface area contributed by atoms with E-state index in [2.05, 4.69) is 65.9 Å². The molecule has 1 heterocycles. The molecule has 1 aromatic heterocycles. The van der Waals surface area contributed by atoms with Crippen LogP contribution in [0.5, 0.6) is 0 Å². The molecule has 0 bridgehead atoms. The van der Waals surface area contributed by atoms with Crippen molar-refractivity contribution in [2.24, 2.45) is 0 Å². The number of carbonyl (C=O) groups excluding carboxylic acids is 2. The van der Waals surface area contributed by atoms with Crippen LogP contribution in [0.4, 0.5) is 0 Å². The van der Waals surface area contributed by atoms with Crippen molar-refractivity contribution in [2.75, 3.05) is 11.0 Å². The van der Waals surface area contributed by atoms with E-state index in [1.807, 2.05) is 17.8 Å². The molecule has 0 spiro atoms. The van der Waals surface area contributed by atoms with E-state index in [9.17, 15) is 9.59 Å². The second kappa shape index (κ2) is 24.0. The molecule has 28 heavy (non-hydrogen) atoms. The van der Waals surface area contributed by atoms with Crippen molar-refractivity contribution in [1.29, 1.82) is 0 Å². The van der Waals surface area contributed by atoms with Crippen LogP contribution in [0.3, 0.4) is 0 Å². The van der Waals surface area contributed by atoms with Crippen LogP contribution in [0.1, 0.15) is 92.7 Å². The van der Waals surface area contributed by atoms with E-state index in [0.717, 1.165) is 44.3 Å². The Kier molecular flexibility index (Phi) is 27.2. The Morgan fingerprint density at radius 2 is 1.71 bits per heavy atom. The topological polar surface area (TPSA) is 76.9 Å². The van der Waals surface area contributed by atoms with Gasteiger partial charge in [0.15, 0.2) is 0 Å². The number of carbonyl (C=O) groups is 2. The molecular formula is C21H43IN4O2. The van der Waals surface area contributed by atoms with E-state index in [4.69, 9.17) is 0 Å². The first-order valence-electron chi connectivity index (χ1n) is 10.2. The lowest BCUT2D eigenvalue weighted by molar-refractivity contribution is -0.120. The van der Waals surface area contributed by atoms with E-state index in [1.165, 1.54) is 12.8 Å². The Balaban J connectivity index is -0.000000407. The van der Waals surface area contributed by atoms with E-state index in [0.29, 0.717) is 23.2 Å². The SMILES string of the molecule is C.CCCC.CCCCC(=O)CI.CCCn1cc(CCNC(=O)CC)nn1. The number of hydrogen-bond acceptors (Lipinski definition) is 4. The minimum absolute atomic E-state index is 0. The highest BCUT2D eigenvalue weighted by atomic mass is 127. The summed E-state index contributed by atoms with van der Waals surface area (Å²) in [5.74, 6) is 0.461. The van der Waals surface area contributed by atoms with Crippen molar-refractivity contribution in [3.8, 4) is 0 Å². The maximum atomic E-state index is 11.0. The number of nitrogens with zero attached hydrogens (tertiary/aromatic N) is 3. The van der Waals surface area contributed by atoms with Gasteiger partial charge in [-0.1, -0.05) is 89.1 Å². The first kappa shape index (κ1) is 31.7. The maximum absolute atomic E-state index is 11.0. The smallest absolute Gasteiger partial charge is 0.219 e. The number of rotatable bonds is 11. The van der Waals surface area contributed by atoms with Crippen LogP contribution in [0.2, 0.25) is 0 Å². The number of hydrogen-bond donors (Lipinski definition) is 1. The molecule has 1 rings (SSSR count). The Bertz CT molecular complexity index is 477. The van der Waals surface area contributed by atoms with Gasteiger partial charge in [-0.2, -0.15) is 0 Å². The number of amides is 1. The minimum Gasteiger partial charge on any atom is -0.356 e. The second-order valence-electron chi connectivity index (χ2n) is 6.20. The van der Waals surface area contributed by atoms with Gasteiger partial charge >= 0.3 is 0 Å². The van der Waals surface area contributed by atoms with Gasteiger partial charge in [0.2, 0.25) is 5.91 Å². The molecule has 0 radical (unpaired) electrons. The van der Waals surface area contributed by atoms with Gasteiger partial charge in [0.1, 0.15) is 5.78 Å². The molecule has 0 saturated heterocycles. The molecular weight excluding hydrogens is 467 g/mol. The maximum Gasteiger partial charge on any atom is 0.219 e. The lowest BCUT2D eigenvalue weighted by atomic mass is 10.2. The molecule has 7 heteroatoms. The van der Waals surface area contributed by atoms with Crippen molar-refractivity contribution >= 4 is 34.3 Å². The average Bonchev–Trinajstić information content (AvgIpc) is 3.14. The zero-order valence-corrected chi connectivity index (χ0v) is 20.0. The third-order valence-corrected chi connectivity index (χ3v) is 4.37. The largest absolute Gasteiger partial charge is 0.356 e. The van der Waals surface area contributed by atoms with Gasteiger partial charge in [0, 0.05) is 38.5 Å². The lowest BCUT2D eigenvalue weighted by Gasteiger charge is -1.99. The molecule has 0 atom stereocenters. The summed E-state index contributed by atoms with van der Waals surface area (Å²) in [6.45, 7) is 11.9. The predicted molar refractivity (Wildman–Crippen MR) is 128 cm³/mol. The number of alkyl halides is 1. The van der Waals surface area contributed by atoms with Gasteiger partial charge in [-0.3, -0.25) is 14.3 Å². The number of Topliss-reactive ketones (excluding diaryl/α,β-unsaturated/α-hetero) is 1. The molecule has 1 amide bonds. The molecule has 0 aliphatic carbocycles. The first-order chi connectivity index (χ1) is 13.0. The first-order valence-corrected chi connectivity index (χ1v) is 11.7. The predicted octanol–water partition coefficient (Wildman–Crippen LogP) is 5.38. The Hall–Kier alpha value is -0.990. The molecule has 166 valence electrons. The molecule has 6 nitrogen and oxygen atoms in total. The number of unbranched alkanes of at least 4 members (excludes halogenated alkanes) is 2. The molecule has 0 saturated carbocycles. The molecule has 0 aliphatic rings. The summed E-state index contributed by atoms with van der Waals surface area (Å²) in [5, 5.41) is 10.8. The number of aryl methyl sites for hydroxylation is 1. The third-order valence-electron chi connectivity index (χ3n) is 3.52. The molecule has 0 fully saturated rings. The van der Waals surface area contributed by atoms with E-state index in [-0.39, 0.29) is 13.3 Å². The number of ketones is 1. The fraction of sp³-hybridized carbons (Fsp3) is 0.810. The van der Waals surface area contributed by atoms with Gasteiger partial charge in [0.25, 0.3) is 0 Å². The summed E-state index contributed by atoms with van der Waals surface area (Å²) in [7, 11) is 0. The number of halogens is 1. The third kappa shape index (κ3) is 21.3. The average molecular weight is 511 g/mol. The van der Waals surface area contributed by atoms with Crippen molar-refractivity contribution in [3.63, 3.8) is 0 Å². The van der Waals surface area contributed by atoms with Gasteiger partial charge in [-0.05, 0) is 12.8 Å². The number of aromatic nitrogens is 3. The molecule has 0 aromatic carbocycles. The fourth-order valence-corrected chi connectivity index (χ4v) is 2.07. The highest BCUT2D eigenvalue weighted by molar-refractivity contribution is 14.1.